The molecule has 0 aliphatic heterocycles. The van der Waals surface area contributed by atoms with Crippen LogP contribution in [-0.4, -0.2) is 8.42 Å². The first-order valence-electron chi connectivity index (χ1n) is 7.36. The van der Waals surface area contributed by atoms with Gasteiger partial charge in [0, 0.05) is 0 Å². The molecule has 0 heterocycles. The highest BCUT2D eigenvalue weighted by Crippen LogP contribution is 2.28. The molecule has 0 aliphatic carbocycles. The van der Waals surface area contributed by atoms with Crippen molar-refractivity contribution in [1.29, 1.82) is 0 Å². The maximum atomic E-state index is 12.2. The maximum absolute atomic E-state index is 12.2. The molecule has 0 N–H and O–H groups in total. The molecule has 0 saturated carbocycles. The van der Waals surface area contributed by atoms with E-state index >= 15 is 0 Å². The highest BCUT2D eigenvalue weighted by atomic mass is 32.2. The van der Waals surface area contributed by atoms with E-state index in [-0.39, 0.29) is 10.3 Å². The van der Waals surface area contributed by atoms with Gasteiger partial charge in [-0.3, -0.25) is 0 Å². The lowest BCUT2D eigenvalue weighted by atomic mass is 9.82. The monoisotopic (exact) mass is 318 g/mol. The van der Waals surface area contributed by atoms with Gasteiger partial charge in [-0.05, 0) is 48.6 Å². The molecule has 0 saturated heterocycles. The molecular weight excluding hydrogens is 296 g/mol. The minimum absolute atomic E-state index is 0.0639. The second kappa shape index (κ2) is 6.13. The molecule has 0 radical (unpaired) electrons. The Labute approximate surface area is 133 Å². The highest BCUT2D eigenvalue weighted by molar-refractivity contribution is 7.87. The van der Waals surface area contributed by atoms with Crippen molar-refractivity contribution in [2.45, 2.75) is 44.4 Å². The summed E-state index contributed by atoms with van der Waals surface area (Å²) in [7, 11) is -3.78. The van der Waals surface area contributed by atoms with Crippen molar-refractivity contribution in [2.24, 2.45) is 0 Å². The second-order valence-electron chi connectivity index (χ2n) is 6.11. The van der Waals surface area contributed by atoms with Crippen LogP contribution in [-0.2, 0) is 15.5 Å². The molecule has 22 heavy (non-hydrogen) atoms. The van der Waals surface area contributed by atoms with Gasteiger partial charge in [-0.15, -0.1) is 0 Å². The molecule has 0 amide bonds. The largest absolute Gasteiger partial charge is 0.379 e. The Hall–Kier alpha value is -1.81. The van der Waals surface area contributed by atoms with Crippen LogP contribution in [0, 0.1) is 6.92 Å². The SMILES string of the molecule is CCC(C)(C)c1ccc(OS(=O)(=O)c2ccc(C)cc2)cc1. The fourth-order valence-corrected chi connectivity index (χ4v) is 2.98. The van der Waals surface area contributed by atoms with Gasteiger partial charge in [-0.25, -0.2) is 0 Å². The average Bonchev–Trinajstić information content (AvgIpc) is 2.48. The molecule has 0 fully saturated rings. The summed E-state index contributed by atoms with van der Waals surface area (Å²) in [6, 6.07) is 13.9. The van der Waals surface area contributed by atoms with Crippen molar-refractivity contribution in [3.8, 4) is 5.75 Å². The predicted molar refractivity (Wildman–Crippen MR) is 88.8 cm³/mol. The van der Waals surface area contributed by atoms with Gasteiger partial charge in [0.15, 0.2) is 0 Å². The Morgan fingerprint density at radius 3 is 2.00 bits per heavy atom. The van der Waals surface area contributed by atoms with Crippen molar-refractivity contribution in [1.82, 2.24) is 0 Å². The van der Waals surface area contributed by atoms with Gasteiger partial charge in [0.2, 0.25) is 0 Å². The van der Waals surface area contributed by atoms with E-state index in [0.29, 0.717) is 5.75 Å². The number of aryl methyl sites for hydroxylation is 1. The summed E-state index contributed by atoms with van der Waals surface area (Å²) in [5, 5.41) is 0. The number of hydrogen-bond donors (Lipinski definition) is 0. The van der Waals surface area contributed by atoms with Gasteiger partial charge in [-0.1, -0.05) is 50.6 Å². The lowest BCUT2D eigenvalue weighted by molar-refractivity contribution is 0.483. The van der Waals surface area contributed by atoms with Gasteiger partial charge in [0.1, 0.15) is 10.6 Å². The Kier molecular flexibility index (Phi) is 4.61. The summed E-state index contributed by atoms with van der Waals surface area (Å²) in [6.07, 6.45) is 1.01. The van der Waals surface area contributed by atoms with E-state index in [1.165, 1.54) is 0 Å². The van der Waals surface area contributed by atoms with E-state index in [4.69, 9.17) is 4.18 Å². The maximum Gasteiger partial charge on any atom is 0.339 e. The van der Waals surface area contributed by atoms with Crippen LogP contribution in [0.25, 0.3) is 0 Å². The standard InChI is InChI=1S/C18H22O3S/c1-5-18(3,4)15-8-10-16(11-9-15)21-22(19,20)17-12-6-14(2)7-13-17/h6-13H,5H2,1-4H3. The Morgan fingerprint density at radius 2 is 1.50 bits per heavy atom. The molecular formula is C18H22O3S. The van der Waals surface area contributed by atoms with Crippen LogP contribution in [0.3, 0.4) is 0 Å². The molecule has 0 unspecified atom stereocenters. The molecule has 0 spiro atoms. The summed E-state index contributed by atoms with van der Waals surface area (Å²) in [4.78, 5) is 0.163. The molecule has 2 aromatic rings. The summed E-state index contributed by atoms with van der Waals surface area (Å²) >= 11 is 0. The summed E-state index contributed by atoms with van der Waals surface area (Å²) in [5.74, 6) is 0.330. The Morgan fingerprint density at radius 1 is 0.955 bits per heavy atom. The summed E-state index contributed by atoms with van der Waals surface area (Å²) in [5.41, 5.74) is 2.23. The van der Waals surface area contributed by atoms with Crippen LogP contribution in [0.4, 0.5) is 0 Å². The van der Waals surface area contributed by atoms with Crippen LogP contribution < -0.4 is 4.18 Å². The third-order valence-corrected chi connectivity index (χ3v) is 5.30. The Bertz CT molecular complexity index is 727. The topological polar surface area (TPSA) is 43.4 Å². The third-order valence-electron chi connectivity index (χ3n) is 4.04. The average molecular weight is 318 g/mol. The fourth-order valence-electron chi connectivity index (χ4n) is 2.05. The molecule has 0 aromatic heterocycles. The third kappa shape index (κ3) is 3.69. The smallest absolute Gasteiger partial charge is 0.339 e. The number of rotatable bonds is 5. The lowest BCUT2D eigenvalue weighted by Crippen LogP contribution is -2.15. The van der Waals surface area contributed by atoms with Gasteiger partial charge in [-0.2, -0.15) is 8.42 Å². The first-order chi connectivity index (χ1) is 10.2. The van der Waals surface area contributed by atoms with Gasteiger partial charge < -0.3 is 4.18 Å². The van der Waals surface area contributed by atoms with E-state index < -0.39 is 10.1 Å². The molecule has 0 bridgehead atoms. The van der Waals surface area contributed by atoms with Crippen molar-refractivity contribution in [2.75, 3.05) is 0 Å². The number of benzene rings is 2. The minimum atomic E-state index is -3.78. The van der Waals surface area contributed by atoms with Gasteiger partial charge >= 0.3 is 10.1 Å². The van der Waals surface area contributed by atoms with Crippen LogP contribution in [0.5, 0.6) is 5.75 Å². The molecule has 0 atom stereocenters. The van der Waals surface area contributed by atoms with Crippen LogP contribution in [0.2, 0.25) is 0 Å². The van der Waals surface area contributed by atoms with Gasteiger partial charge in [0.25, 0.3) is 0 Å². The molecule has 0 aliphatic rings. The van der Waals surface area contributed by atoms with Crippen molar-refractivity contribution in [3.05, 3.63) is 59.7 Å². The van der Waals surface area contributed by atoms with E-state index in [1.54, 1.807) is 36.4 Å². The van der Waals surface area contributed by atoms with Crippen molar-refractivity contribution in [3.63, 3.8) is 0 Å². The first kappa shape index (κ1) is 16.6. The first-order valence-corrected chi connectivity index (χ1v) is 8.77. The van der Waals surface area contributed by atoms with E-state index in [2.05, 4.69) is 20.8 Å². The van der Waals surface area contributed by atoms with E-state index in [1.807, 2.05) is 19.1 Å². The van der Waals surface area contributed by atoms with Crippen molar-refractivity contribution < 1.29 is 12.6 Å². The number of hydrogen-bond acceptors (Lipinski definition) is 3. The molecule has 118 valence electrons. The zero-order valence-corrected chi connectivity index (χ0v) is 14.3. The van der Waals surface area contributed by atoms with Gasteiger partial charge in [0.05, 0.1) is 0 Å². The zero-order chi connectivity index (χ0) is 16.4. The molecule has 3 nitrogen and oxygen atoms in total. The second-order valence-corrected chi connectivity index (χ2v) is 7.66. The molecule has 2 rings (SSSR count). The minimum Gasteiger partial charge on any atom is -0.379 e. The van der Waals surface area contributed by atoms with Crippen LogP contribution >= 0.6 is 0 Å². The highest BCUT2D eigenvalue weighted by Gasteiger charge is 2.19. The molecule has 4 heteroatoms. The normalized spacial score (nSPS) is 12.2. The van der Waals surface area contributed by atoms with Crippen LogP contribution in [0.1, 0.15) is 38.3 Å². The predicted octanol–water partition coefficient (Wildman–Crippen LogP) is 4.45. The fraction of sp³-hybridized carbons (Fsp3) is 0.333. The van der Waals surface area contributed by atoms with Crippen LogP contribution in [0.15, 0.2) is 53.4 Å². The lowest BCUT2D eigenvalue weighted by Gasteiger charge is -2.23. The zero-order valence-electron chi connectivity index (χ0n) is 13.5. The summed E-state index contributed by atoms with van der Waals surface area (Å²) < 4.78 is 29.7. The van der Waals surface area contributed by atoms with Crippen molar-refractivity contribution >= 4 is 10.1 Å². The van der Waals surface area contributed by atoms with E-state index in [0.717, 1.165) is 17.5 Å². The van der Waals surface area contributed by atoms with E-state index in [9.17, 15) is 8.42 Å². The quantitative estimate of drug-likeness (QED) is 0.765. The summed E-state index contributed by atoms with van der Waals surface area (Å²) in [6.45, 7) is 8.36. The Balaban J connectivity index is 2.22. The molecule has 2 aromatic carbocycles.